The molecule has 3 aromatic carbocycles. The zero-order valence-electron chi connectivity index (χ0n) is 18.0. The van der Waals surface area contributed by atoms with Crippen molar-refractivity contribution < 1.29 is 13.9 Å². The van der Waals surface area contributed by atoms with E-state index in [1.54, 1.807) is 19.1 Å². The minimum Gasteiger partial charge on any atom is -0.497 e. The summed E-state index contributed by atoms with van der Waals surface area (Å²) in [5, 5.41) is 4.25. The molecule has 6 nitrogen and oxygen atoms in total. The van der Waals surface area contributed by atoms with Crippen LogP contribution in [0.25, 0.3) is 22.1 Å². The van der Waals surface area contributed by atoms with Crippen LogP contribution in [0.15, 0.2) is 75.9 Å². The fourth-order valence-corrected chi connectivity index (χ4v) is 4.22. The predicted molar refractivity (Wildman–Crippen MR) is 124 cm³/mol. The Labute approximate surface area is 185 Å². The monoisotopic (exact) mass is 426 g/mol. The van der Waals surface area contributed by atoms with E-state index < -0.39 is 5.63 Å². The lowest BCUT2D eigenvalue weighted by molar-refractivity contribution is 0.0735. The van der Waals surface area contributed by atoms with Crippen LogP contribution in [0.3, 0.4) is 0 Å². The maximum Gasteiger partial charge on any atom is 0.344 e. The number of amides is 1. The first-order valence-corrected chi connectivity index (χ1v) is 10.3. The Bertz CT molecular complexity index is 1410. The van der Waals surface area contributed by atoms with Gasteiger partial charge in [0, 0.05) is 18.1 Å². The van der Waals surface area contributed by atoms with Gasteiger partial charge in [0.15, 0.2) is 0 Å². The van der Waals surface area contributed by atoms with Crippen LogP contribution in [0.1, 0.15) is 27.7 Å². The van der Waals surface area contributed by atoms with Gasteiger partial charge in [-0.05, 0) is 66.1 Å². The normalized spacial score (nSPS) is 15.4. The molecule has 0 aliphatic carbocycles. The first-order valence-electron chi connectivity index (χ1n) is 10.3. The molecule has 5 rings (SSSR count). The standard InChI is InChI=1S/C26H22N2O4/c1-15-12-18(24-27-22-7-5-4-6-20(22)25(29)28(24)2)13-17-14-21(26(30)32-23(15)17)16-8-10-19(31-3)11-9-16/h4-14,24,27H,1-3H3. The molecule has 0 spiro atoms. The second kappa shape index (κ2) is 7.57. The summed E-state index contributed by atoms with van der Waals surface area (Å²) < 4.78 is 10.9. The van der Waals surface area contributed by atoms with Crippen molar-refractivity contribution in [1.29, 1.82) is 0 Å². The molecular weight excluding hydrogens is 404 g/mol. The van der Waals surface area contributed by atoms with Crippen LogP contribution in [-0.2, 0) is 0 Å². The van der Waals surface area contributed by atoms with Gasteiger partial charge in [0.2, 0.25) is 0 Å². The fourth-order valence-electron chi connectivity index (χ4n) is 4.22. The zero-order valence-corrected chi connectivity index (χ0v) is 18.0. The van der Waals surface area contributed by atoms with E-state index >= 15 is 0 Å². The molecule has 32 heavy (non-hydrogen) atoms. The van der Waals surface area contributed by atoms with E-state index in [-0.39, 0.29) is 12.1 Å². The summed E-state index contributed by atoms with van der Waals surface area (Å²) in [7, 11) is 3.38. The molecule has 1 amide bonds. The van der Waals surface area contributed by atoms with Crippen molar-refractivity contribution in [3.05, 3.63) is 93.8 Å². The maximum atomic E-state index is 12.9. The first-order chi connectivity index (χ1) is 15.5. The summed E-state index contributed by atoms with van der Waals surface area (Å²) in [6, 6.07) is 20.5. The van der Waals surface area contributed by atoms with E-state index in [2.05, 4.69) is 5.32 Å². The van der Waals surface area contributed by atoms with Crippen molar-refractivity contribution in [2.75, 3.05) is 19.5 Å². The van der Waals surface area contributed by atoms with Gasteiger partial charge in [0.25, 0.3) is 5.91 Å². The molecular formula is C26H22N2O4. The van der Waals surface area contributed by atoms with Crippen LogP contribution in [0.2, 0.25) is 0 Å². The number of benzene rings is 3. The number of nitrogens with one attached hydrogen (secondary N) is 1. The SMILES string of the molecule is COc1ccc(-c2cc3cc(C4Nc5ccccc5C(=O)N4C)cc(C)c3oc2=O)cc1. The van der Waals surface area contributed by atoms with Crippen LogP contribution >= 0.6 is 0 Å². The Morgan fingerprint density at radius 3 is 2.47 bits per heavy atom. The zero-order chi connectivity index (χ0) is 22.4. The van der Waals surface area contributed by atoms with Gasteiger partial charge in [0.1, 0.15) is 17.5 Å². The molecule has 0 saturated heterocycles. The van der Waals surface area contributed by atoms with Gasteiger partial charge in [-0.2, -0.15) is 0 Å². The number of anilines is 1. The van der Waals surface area contributed by atoms with E-state index in [0.29, 0.717) is 22.5 Å². The number of hydrogen-bond acceptors (Lipinski definition) is 5. The Morgan fingerprint density at radius 1 is 0.969 bits per heavy atom. The number of para-hydroxylation sites is 1. The summed E-state index contributed by atoms with van der Waals surface area (Å²) in [5.41, 5.74) is 4.57. The summed E-state index contributed by atoms with van der Waals surface area (Å²) in [6.07, 6.45) is -0.336. The average molecular weight is 426 g/mol. The highest BCUT2D eigenvalue weighted by Crippen LogP contribution is 2.34. The Balaban J connectivity index is 1.62. The number of hydrogen-bond donors (Lipinski definition) is 1. The fraction of sp³-hybridized carbons (Fsp3) is 0.154. The third-order valence-electron chi connectivity index (χ3n) is 5.91. The molecule has 1 unspecified atom stereocenters. The smallest absolute Gasteiger partial charge is 0.344 e. The second-order valence-corrected chi connectivity index (χ2v) is 7.94. The van der Waals surface area contributed by atoms with Crippen molar-refractivity contribution in [3.8, 4) is 16.9 Å². The number of methoxy groups -OCH3 is 1. The van der Waals surface area contributed by atoms with Crippen LogP contribution in [-0.4, -0.2) is 25.0 Å². The largest absolute Gasteiger partial charge is 0.497 e. The van der Waals surface area contributed by atoms with Gasteiger partial charge < -0.3 is 19.4 Å². The molecule has 4 aromatic rings. The van der Waals surface area contributed by atoms with Gasteiger partial charge in [0.05, 0.1) is 18.2 Å². The maximum absolute atomic E-state index is 12.9. The average Bonchev–Trinajstić information content (AvgIpc) is 2.81. The Kier molecular flexibility index (Phi) is 4.70. The number of aryl methyl sites for hydroxylation is 1. The lowest BCUT2D eigenvalue weighted by atomic mass is 9.99. The summed E-state index contributed by atoms with van der Waals surface area (Å²) in [4.78, 5) is 27.3. The number of nitrogens with zero attached hydrogens (tertiary/aromatic N) is 1. The van der Waals surface area contributed by atoms with Crippen LogP contribution in [0.5, 0.6) is 5.75 Å². The van der Waals surface area contributed by atoms with Crippen molar-refractivity contribution in [2.45, 2.75) is 13.1 Å². The van der Waals surface area contributed by atoms with Crippen molar-refractivity contribution in [1.82, 2.24) is 4.90 Å². The molecule has 1 aliphatic rings. The lowest BCUT2D eigenvalue weighted by Crippen LogP contribution is -2.40. The minimum atomic E-state index is -0.393. The van der Waals surface area contributed by atoms with E-state index in [1.807, 2.05) is 73.7 Å². The highest BCUT2D eigenvalue weighted by Gasteiger charge is 2.30. The molecule has 160 valence electrons. The Morgan fingerprint density at radius 2 is 1.72 bits per heavy atom. The number of fused-ring (bicyclic) bond motifs is 2. The van der Waals surface area contributed by atoms with Crippen LogP contribution < -0.4 is 15.7 Å². The van der Waals surface area contributed by atoms with Gasteiger partial charge in [-0.15, -0.1) is 0 Å². The molecule has 6 heteroatoms. The lowest BCUT2D eigenvalue weighted by Gasteiger charge is -2.35. The molecule has 1 aliphatic heterocycles. The molecule has 0 bridgehead atoms. The molecule has 2 heterocycles. The number of rotatable bonds is 3. The predicted octanol–water partition coefficient (Wildman–Crippen LogP) is 4.97. The summed E-state index contributed by atoms with van der Waals surface area (Å²) in [5.74, 6) is 0.675. The molecule has 1 atom stereocenters. The number of ether oxygens (including phenoxy) is 1. The van der Waals surface area contributed by atoms with Crippen molar-refractivity contribution >= 4 is 22.6 Å². The van der Waals surface area contributed by atoms with Crippen molar-refractivity contribution in [3.63, 3.8) is 0 Å². The third-order valence-corrected chi connectivity index (χ3v) is 5.91. The van der Waals surface area contributed by atoms with E-state index in [0.717, 1.165) is 27.8 Å². The van der Waals surface area contributed by atoms with Gasteiger partial charge in [-0.25, -0.2) is 4.79 Å². The molecule has 0 radical (unpaired) electrons. The third kappa shape index (κ3) is 3.21. The van der Waals surface area contributed by atoms with Crippen LogP contribution in [0.4, 0.5) is 5.69 Å². The van der Waals surface area contributed by atoms with E-state index in [4.69, 9.17) is 9.15 Å². The first kappa shape index (κ1) is 19.9. The summed E-state index contributed by atoms with van der Waals surface area (Å²) >= 11 is 0. The second-order valence-electron chi connectivity index (χ2n) is 7.94. The number of carbonyl (C=O) groups is 1. The quantitative estimate of drug-likeness (QED) is 0.468. The molecule has 0 saturated carbocycles. The molecule has 0 fully saturated rings. The Hall–Kier alpha value is -4.06. The van der Waals surface area contributed by atoms with E-state index in [1.165, 1.54) is 0 Å². The molecule has 1 aromatic heterocycles. The highest BCUT2D eigenvalue weighted by molar-refractivity contribution is 6.01. The van der Waals surface area contributed by atoms with E-state index in [9.17, 15) is 9.59 Å². The summed E-state index contributed by atoms with van der Waals surface area (Å²) in [6.45, 7) is 1.90. The highest BCUT2D eigenvalue weighted by atomic mass is 16.5. The van der Waals surface area contributed by atoms with Crippen molar-refractivity contribution in [2.24, 2.45) is 0 Å². The van der Waals surface area contributed by atoms with Gasteiger partial charge >= 0.3 is 5.63 Å². The van der Waals surface area contributed by atoms with Gasteiger partial charge in [-0.3, -0.25) is 4.79 Å². The van der Waals surface area contributed by atoms with Crippen LogP contribution in [0, 0.1) is 6.92 Å². The van der Waals surface area contributed by atoms with Gasteiger partial charge in [-0.1, -0.05) is 24.3 Å². The number of carbonyl (C=O) groups excluding carboxylic acids is 1. The molecule has 1 N–H and O–H groups in total. The minimum absolute atomic E-state index is 0.0411. The topological polar surface area (TPSA) is 71.8 Å².